The Morgan fingerprint density at radius 1 is 1.35 bits per heavy atom. The molecule has 0 aromatic heterocycles. The second-order valence-corrected chi connectivity index (χ2v) is 5.32. The molecule has 0 aromatic carbocycles. The fourth-order valence-electron chi connectivity index (χ4n) is 2.41. The Morgan fingerprint density at radius 3 is 2.50 bits per heavy atom. The van der Waals surface area contributed by atoms with Gasteiger partial charge >= 0.3 is 12.0 Å². The van der Waals surface area contributed by atoms with Gasteiger partial charge in [0.25, 0.3) is 0 Å². The molecule has 1 rings (SSSR count). The number of primary amides is 1. The number of amides is 3. The van der Waals surface area contributed by atoms with Crippen molar-refractivity contribution in [1.82, 2.24) is 9.80 Å². The van der Waals surface area contributed by atoms with Crippen molar-refractivity contribution in [3.63, 3.8) is 0 Å². The standard InChI is InChI=1S/C13H23N3O4/c1-9(2)15(8-6-11(17)18)13(20)16-7-4-3-5-10(16)12(14)19/h9-10H,3-8H2,1-2H3,(H2,14,19)(H,17,18). The lowest BCUT2D eigenvalue weighted by Gasteiger charge is -2.38. The van der Waals surface area contributed by atoms with Gasteiger partial charge in [-0.25, -0.2) is 4.79 Å². The number of carbonyl (C=O) groups is 3. The van der Waals surface area contributed by atoms with Crippen molar-refractivity contribution in [2.45, 2.75) is 51.6 Å². The Morgan fingerprint density at radius 2 is 2.00 bits per heavy atom. The summed E-state index contributed by atoms with van der Waals surface area (Å²) in [7, 11) is 0. The van der Waals surface area contributed by atoms with Crippen molar-refractivity contribution < 1.29 is 19.5 Å². The van der Waals surface area contributed by atoms with Crippen molar-refractivity contribution in [3.05, 3.63) is 0 Å². The maximum atomic E-state index is 12.5. The molecule has 1 aliphatic rings. The number of carboxylic acids is 1. The highest BCUT2D eigenvalue weighted by Gasteiger charge is 2.34. The monoisotopic (exact) mass is 285 g/mol. The number of carbonyl (C=O) groups excluding carboxylic acids is 2. The van der Waals surface area contributed by atoms with E-state index in [0.717, 1.165) is 12.8 Å². The zero-order chi connectivity index (χ0) is 15.3. The molecule has 1 heterocycles. The van der Waals surface area contributed by atoms with Crippen LogP contribution in [0.25, 0.3) is 0 Å². The van der Waals surface area contributed by atoms with Crippen LogP contribution < -0.4 is 5.73 Å². The van der Waals surface area contributed by atoms with Crippen LogP contribution in [-0.4, -0.2) is 58.0 Å². The van der Waals surface area contributed by atoms with E-state index in [1.807, 2.05) is 13.8 Å². The maximum absolute atomic E-state index is 12.5. The minimum atomic E-state index is -0.950. The van der Waals surface area contributed by atoms with Crippen molar-refractivity contribution in [2.24, 2.45) is 5.73 Å². The van der Waals surface area contributed by atoms with E-state index in [4.69, 9.17) is 10.8 Å². The summed E-state index contributed by atoms with van der Waals surface area (Å²) in [5, 5.41) is 8.75. The number of aliphatic carboxylic acids is 1. The molecule has 0 saturated carbocycles. The number of nitrogens with two attached hydrogens (primary N) is 1. The average Bonchev–Trinajstić information content (AvgIpc) is 2.37. The number of piperidine rings is 1. The summed E-state index contributed by atoms with van der Waals surface area (Å²) in [5.41, 5.74) is 5.35. The highest BCUT2D eigenvalue weighted by molar-refractivity contribution is 5.86. The Labute approximate surface area is 118 Å². The number of hydrogen-bond acceptors (Lipinski definition) is 3. The zero-order valence-corrected chi connectivity index (χ0v) is 12.0. The highest BCUT2D eigenvalue weighted by Crippen LogP contribution is 2.19. The van der Waals surface area contributed by atoms with Gasteiger partial charge in [-0.05, 0) is 33.1 Å². The third-order valence-electron chi connectivity index (χ3n) is 3.51. The van der Waals surface area contributed by atoms with Crippen LogP contribution in [0.5, 0.6) is 0 Å². The molecule has 1 aliphatic heterocycles. The molecule has 114 valence electrons. The summed E-state index contributed by atoms with van der Waals surface area (Å²) in [6.45, 7) is 4.27. The summed E-state index contributed by atoms with van der Waals surface area (Å²) in [4.78, 5) is 37.6. The van der Waals surface area contributed by atoms with Gasteiger partial charge in [0.2, 0.25) is 5.91 Å². The second kappa shape index (κ2) is 7.12. The molecule has 0 spiro atoms. The quantitative estimate of drug-likeness (QED) is 0.773. The van der Waals surface area contributed by atoms with Crippen LogP contribution in [0.15, 0.2) is 0 Å². The van der Waals surface area contributed by atoms with Gasteiger partial charge in [0.05, 0.1) is 6.42 Å². The lowest BCUT2D eigenvalue weighted by atomic mass is 10.0. The smallest absolute Gasteiger partial charge is 0.320 e. The van der Waals surface area contributed by atoms with Crippen LogP contribution in [0.2, 0.25) is 0 Å². The molecule has 0 radical (unpaired) electrons. The minimum absolute atomic E-state index is 0.112. The van der Waals surface area contributed by atoms with Crippen LogP contribution in [0, 0.1) is 0 Å². The van der Waals surface area contributed by atoms with E-state index in [2.05, 4.69) is 0 Å². The second-order valence-electron chi connectivity index (χ2n) is 5.32. The summed E-state index contributed by atoms with van der Waals surface area (Å²) < 4.78 is 0. The third kappa shape index (κ3) is 4.11. The normalized spacial score (nSPS) is 18.9. The first-order valence-corrected chi connectivity index (χ1v) is 6.93. The molecule has 1 saturated heterocycles. The van der Waals surface area contributed by atoms with Gasteiger partial charge in [0.1, 0.15) is 6.04 Å². The topological polar surface area (TPSA) is 104 Å². The van der Waals surface area contributed by atoms with E-state index in [-0.39, 0.29) is 25.0 Å². The van der Waals surface area contributed by atoms with Crippen LogP contribution >= 0.6 is 0 Å². The molecule has 0 bridgehead atoms. The van der Waals surface area contributed by atoms with E-state index in [1.54, 1.807) is 0 Å². The fraction of sp³-hybridized carbons (Fsp3) is 0.769. The van der Waals surface area contributed by atoms with Gasteiger partial charge in [0.15, 0.2) is 0 Å². The van der Waals surface area contributed by atoms with Gasteiger partial charge in [-0.1, -0.05) is 0 Å². The van der Waals surface area contributed by atoms with E-state index in [0.29, 0.717) is 13.0 Å². The summed E-state index contributed by atoms with van der Waals surface area (Å²) in [6.07, 6.45) is 2.17. The Balaban J connectivity index is 2.80. The van der Waals surface area contributed by atoms with Crippen LogP contribution in [0.4, 0.5) is 4.79 Å². The fourth-order valence-corrected chi connectivity index (χ4v) is 2.41. The number of rotatable bonds is 5. The molecule has 3 N–H and O–H groups in total. The van der Waals surface area contributed by atoms with Gasteiger partial charge in [-0.15, -0.1) is 0 Å². The molecule has 7 heteroatoms. The van der Waals surface area contributed by atoms with Crippen molar-refractivity contribution in [3.8, 4) is 0 Å². The van der Waals surface area contributed by atoms with Gasteiger partial charge in [-0.3, -0.25) is 9.59 Å². The first kappa shape index (κ1) is 16.3. The number of carboxylic acid groups (broad SMARTS) is 1. The summed E-state index contributed by atoms with van der Waals surface area (Å²) >= 11 is 0. The molecular weight excluding hydrogens is 262 g/mol. The molecule has 3 amide bonds. The molecule has 7 nitrogen and oxygen atoms in total. The molecular formula is C13H23N3O4. The Kier molecular flexibility index (Phi) is 5.79. The number of nitrogens with zero attached hydrogens (tertiary/aromatic N) is 2. The molecule has 0 aliphatic carbocycles. The maximum Gasteiger partial charge on any atom is 0.320 e. The summed E-state index contributed by atoms with van der Waals surface area (Å²) in [5.74, 6) is -1.45. The zero-order valence-electron chi connectivity index (χ0n) is 12.0. The first-order valence-electron chi connectivity index (χ1n) is 6.93. The van der Waals surface area contributed by atoms with E-state index >= 15 is 0 Å². The average molecular weight is 285 g/mol. The lowest BCUT2D eigenvalue weighted by molar-refractivity contribution is -0.137. The van der Waals surface area contributed by atoms with Crippen molar-refractivity contribution in [1.29, 1.82) is 0 Å². The third-order valence-corrected chi connectivity index (χ3v) is 3.51. The molecule has 1 unspecified atom stereocenters. The number of urea groups is 1. The van der Waals surface area contributed by atoms with E-state index in [9.17, 15) is 14.4 Å². The first-order chi connectivity index (χ1) is 9.34. The van der Waals surface area contributed by atoms with Crippen molar-refractivity contribution in [2.75, 3.05) is 13.1 Å². The van der Waals surface area contributed by atoms with Crippen LogP contribution in [-0.2, 0) is 9.59 Å². The predicted octanol–water partition coefficient (Wildman–Crippen LogP) is 0.631. The minimum Gasteiger partial charge on any atom is -0.481 e. The van der Waals surface area contributed by atoms with Gasteiger partial charge in [0, 0.05) is 19.1 Å². The highest BCUT2D eigenvalue weighted by atomic mass is 16.4. The summed E-state index contributed by atoms with van der Waals surface area (Å²) in [6, 6.07) is -1.01. The predicted molar refractivity (Wildman–Crippen MR) is 73.0 cm³/mol. The number of likely N-dealkylation sites (tertiary alicyclic amines) is 1. The van der Waals surface area contributed by atoms with Gasteiger partial charge in [-0.2, -0.15) is 0 Å². The molecule has 1 atom stereocenters. The lowest BCUT2D eigenvalue weighted by Crippen LogP contribution is -2.56. The van der Waals surface area contributed by atoms with Crippen molar-refractivity contribution >= 4 is 17.9 Å². The number of hydrogen-bond donors (Lipinski definition) is 2. The van der Waals surface area contributed by atoms with Crippen LogP contribution in [0.3, 0.4) is 0 Å². The Hall–Kier alpha value is -1.79. The van der Waals surface area contributed by atoms with E-state index in [1.165, 1.54) is 9.80 Å². The van der Waals surface area contributed by atoms with E-state index < -0.39 is 17.9 Å². The largest absolute Gasteiger partial charge is 0.481 e. The van der Waals surface area contributed by atoms with Gasteiger partial charge < -0.3 is 20.6 Å². The molecule has 0 aromatic rings. The Bertz CT molecular complexity index is 384. The molecule has 1 fully saturated rings. The molecule has 20 heavy (non-hydrogen) atoms. The SMILES string of the molecule is CC(C)N(CCC(=O)O)C(=O)N1CCCCC1C(N)=O. The van der Waals surface area contributed by atoms with Crippen LogP contribution in [0.1, 0.15) is 39.5 Å².